The summed E-state index contributed by atoms with van der Waals surface area (Å²) in [5.41, 5.74) is 6.65. The van der Waals surface area contributed by atoms with Crippen LogP contribution in [0.25, 0.3) is 0 Å². The molecule has 1 aromatic rings. The van der Waals surface area contributed by atoms with Crippen LogP contribution < -0.4 is 10.5 Å². The molecule has 0 radical (unpaired) electrons. The molecule has 0 unspecified atom stereocenters. The van der Waals surface area contributed by atoms with E-state index in [-0.39, 0.29) is 6.10 Å². The van der Waals surface area contributed by atoms with Gasteiger partial charge in [-0.2, -0.15) is 0 Å². The molecule has 0 aromatic heterocycles. The van der Waals surface area contributed by atoms with Gasteiger partial charge in [-0.05, 0) is 13.0 Å². The standard InChI is InChI=1S/C11H17NO2/c1-3-14-11(8-12)9-6-4-5-7-10(9)13-2/h4-7,11H,3,8,12H2,1-2H3/t11-/m0/s1. The molecule has 78 valence electrons. The van der Waals surface area contributed by atoms with Gasteiger partial charge in [-0.15, -0.1) is 0 Å². The Morgan fingerprint density at radius 3 is 2.64 bits per heavy atom. The molecule has 0 heterocycles. The fourth-order valence-corrected chi connectivity index (χ4v) is 1.42. The van der Waals surface area contributed by atoms with Crippen LogP contribution in [-0.4, -0.2) is 20.3 Å². The van der Waals surface area contributed by atoms with Crippen molar-refractivity contribution in [3.63, 3.8) is 0 Å². The third kappa shape index (κ3) is 2.47. The smallest absolute Gasteiger partial charge is 0.124 e. The van der Waals surface area contributed by atoms with E-state index in [4.69, 9.17) is 15.2 Å². The third-order valence-electron chi connectivity index (χ3n) is 2.07. The number of hydrogen-bond donors (Lipinski definition) is 1. The lowest BCUT2D eigenvalue weighted by Crippen LogP contribution is -2.16. The number of methoxy groups -OCH3 is 1. The second-order valence-corrected chi connectivity index (χ2v) is 2.92. The van der Waals surface area contributed by atoms with E-state index < -0.39 is 0 Å². The van der Waals surface area contributed by atoms with E-state index in [1.807, 2.05) is 31.2 Å². The maximum absolute atomic E-state index is 5.63. The maximum Gasteiger partial charge on any atom is 0.124 e. The van der Waals surface area contributed by atoms with E-state index in [0.717, 1.165) is 11.3 Å². The first-order valence-electron chi connectivity index (χ1n) is 4.78. The summed E-state index contributed by atoms with van der Waals surface area (Å²) in [4.78, 5) is 0. The molecular formula is C11H17NO2. The summed E-state index contributed by atoms with van der Waals surface area (Å²) in [5.74, 6) is 0.830. The molecule has 3 heteroatoms. The predicted molar refractivity (Wildman–Crippen MR) is 56.4 cm³/mol. The van der Waals surface area contributed by atoms with Crippen LogP contribution in [0.1, 0.15) is 18.6 Å². The van der Waals surface area contributed by atoms with Gasteiger partial charge >= 0.3 is 0 Å². The first-order valence-corrected chi connectivity index (χ1v) is 4.78. The van der Waals surface area contributed by atoms with Crippen molar-refractivity contribution in [1.82, 2.24) is 0 Å². The number of nitrogens with two attached hydrogens (primary N) is 1. The third-order valence-corrected chi connectivity index (χ3v) is 2.07. The maximum atomic E-state index is 5.63. The molecule has 0 spiro atoms. The number of rotatable bonds is 5. The van der Waals surface area contributed by atoms with Crippen molar-refractivity contribution >= 4 is 0 Å². The highest BCUT2D eigenvalue weighted by Gasteiger charge is 2.13. The molecule has 0 saturated carbocycles. The number of ether oxygens (including phenoxy) is 2. The zero-order chi connectivity index (χ0) is 10.4. The molecule has 0 fully saturated rings. The molecule has 0 aliphatic rings. The molecule has 0 aliphatic carbocycles. The molecule has 1 atom stereocenters. The number of para-hydroxylation sites is 1. The minimum atomic E-state index is -0.0730. The van der Waals surface area contributed by atoms with Crippen LogP contribution >= 0.6 is 0 Å². The topological polar surface area (TPSA) is 44.5 Å². The first-order chi connectivity index (χ1) is 6.83. The van der Waals surface area contributed by atoms with Gasteiger partial charge < -0.3 is 15.2 Å². The van der Waals surface area contributed by atoms with Crippen molar-refractivity contribution in [1.29, 1.82) is 0 Å². The van der Waals surface area contributed by atoms with Crippen molar-refractivity contribution < 1.29 is 9.47 Å². The zero-order valence-electron chi connectivity index (χ0n) is 8.69. The lowest BCUT2D eigenvalue weighted by Gasteiger charge is -2.17. The largest absolute Gasteiger partial charge is 0.496 e. The second-order valence-electron chi connectivity index (χ2n) is 2.92. The average Bonchev–Trinajstić information content (AvgIpc) is 2.26. The van der Waals surface area contributed by atoms with Gasteiger partial charge in [-0.1, -0.05) is 18.2 Å². The van der Waals surface area contributed by atoms with Gasteiger partial charge in [0.25, 0.3) is 0 Å². The van der Waals surface area contributed by atoms with Crippen LogP contribution in [-0.2, 0) is 4.74 Å². The van der Waals surface area contributed by atoms with E-state index in [1.54, 1.807) is 7.11 Å². The quantitative estimate of drug-likeness (QED) is 0.778. The normalized spacial score (nSPS) is 12.5. The highest BCUT2D eigenvalue weighted by Crippen LogP contribution is 2.26. The molecule has 0 saturated heterocycles. The van der Waals surface area contributed by atoms with Crippen molar-refractivity contribution in [2.45, 2.75) is 13.0 Å². The summed E-state index contributed by atoms with van der Waals surface area (Å²) < 4.78 is 10.8. The van der Waals surface area contributed by atoms with E-state index in [1.165, 1.54) is 0 Å². The van der Waals surface area contributed by atoms with Gasteiger partial charge in [0.1, 0.15) is 5.75 Å². The van der Waals surface area contributed by atoms with Gasteiger partial charge in [0.05, 0.1) is 13.2 Å². The monoisotopic (exact) mass is 195 g/mol. The van der Waals surface area contributed by atoms with Crippen LogP contribution in [0.5, 0.6) is 5.75 Å². The Morgan fingerprint density at radius 2 is 2.07 bits per heavy atom. The molecule has 2 N–H and O–H groups in total. The highest BCUT2D eigenvalue weighted by atomic mass is 16.5. The fraction of sp³-hybridized carbons (Fsp3) is 0.455. The Balaban J connectivity index is 2.90. The molecule has 0 bridgehead atoms. The summed E-state index contributed by atoms with van der Waals surface area (Å²) in [6.45, 7) is 3.08. The minimum Gasteiger partial charge on any atom is -0.496 e. The van der Waals surface area contributed by atoms with Crippen LogP contribution in [0.3, 0.4) is 0 Å². The average molecular weight is 195 g/mol. The van der Waals surface area contributed by atoms with Gasteiger partial charge in [0, 0.05) is 18.7 Å². The van der Waals surface area contributed by atoms with Gasteiger partial charge in [-0.25, -0.2) is 0 Å². The lowest BCUT2D eigenvalue weighted by molar-refractivity contribution is 0.0670. The summed E-state index contributed by atoms with van der Waals surface area (Å²) in [6, 6.07) is 7.78. The van der Waals surface area contributed by atoms with E-state index >= 15 is 0 Å². The summed E-state index contributed by atoms with van der Waals surface area (Å²) in [6.07, 6.45) is -0.0730. The van der Waals surface area contributed by atoms with Crippen molar-refractivity contribution in [3.8, 4) is 5.75 Å². The summed E-state index contributed by atoms with van der Waals surface area (Å²) >= 11 is 0. The number of benzene rings is 1. The van der Waals surface area contributed by atoms with Crippen molar-refractivity contribution in [2.75, 3.05) is 20.3 Å². The van der Waals surface area contributed by atoms with Crippen LogP contribution in [0, 0.1) is 0 Å². The van der Waals surface area contributed by atoms with Gasteiger partial charge in [0.2, 0.25) is 0 Å². The molecule has 0 amide bonds. The predicted octanol–water partition coefficient (Wildman–Crippen LogP) is 1.73. The Labute approximate surface area is 84.8 Å². The second kappa shape index (κ2) is 5.62. The van der Waals surface area contributed by atoms with Crippen LogP contribution in [0.2, 0.25) is 0 Å². The van der Waals surface area contributed by atoms with Crippen molar-refractivity contribution in [2.24, 2.45) is 5.73 Å². The number of hydrogen-bond acceptors (Lipinski definition) is 3. The van der Waals surface area contributed by atoms with Gasteiger partial charge in [0.15, 0.2) is 0 Å². The SMILES string of the molecule is CCO[C@@H](CN)c1ccccc1OC. The molecule has 1 rings (SSSR count). The zero-order valence-corrected chi connectivity index (χ0v) is 8.69. The van der Waals surface area contributed by atoms with Crippen LogP contribution in [0.15, 0.2) is 24.3 Å². The molecule has 1 aromatic carbocycles. The van der Waals surface area contributed by atoms with Crippen LogP contribution in [0.4, 0.5) is 0 Å². The molecule has 0 aliphatic heterocycles. The molecular weight excluding hydrogens is 178 g/mol. The van der Waals surface area contributed by atoms with Gasteiger partial charge in [-0.3, -0.25) is 0 Å². The molecule has 3 nitrogen and oxygen atoms in total. The summed E-state index contributed by atoms with van der Waals surface area (Å²) in [7, 11) is 1.65. The fourth-order valence-electron chi connectivity index (χ4n) is 1.42. The highest BCUT2D eigenvalue weighted by molar-refractivity contribution is 5.35. The lowest BCUT2D eigenvalue weighted by atomic mass is 10.1. The Kier molecular flexibility index (Phi) is 4.43. The van der Waals surface area contributed by atoms with E-state index in [0.29, 0.717) is 13.2 Å². The Morgan fingerprint density at radius 1 is 1.36 bits per heavy atom. The Hall–Kier alpha value is -1.06. The van der Waals surface area contributed by atoms with E-state index in [2.05, 4.69) is 0 Å². The Bertz CT molecular complexity index is 276. The first kappa shape index (κ1) is 11.0. The van der Waals surface area contributed by atoms with E-state index in [9.17, 15) is 0 Å². The minimum absolute atomic E-state index is 0.0730. The molecule has 14 heavy (non-hydrogen) atoms. The summed E-state index contributed by atoms with van der Waals surface area (Å²) in [5, 5.41) is 0. The van der Waals surface area contributed by atoms with Crippen molar-refractivity contribution in [3.05, 3.63) is 29.8 Å².